The SMILES string of the molecule is CSc1ccc([N+](=O)[O-])c(C(=O)N2CC(=O)Nc3ccccc32)c1. The number of hydrogen-bond acceptors (Lipinski definition) is 5. The van der Waals surface area contributed by atoms with Crippen LogP contribution < -0.4 is 10.2 Å². The van der Waals surface area contributed by atoms with E-state index in [0.29, 0.717) is 11.4 Å². The van der Waals surface area contributed by atoms with Crippen molar-refractivity contribution in [3.05, 3.63) is 58.1 Å². The molecule has 0 spiro atoms. The van der Waals surface area contributed by atoms with Crippen LogP contribution in [0.2, 0.25) is 0 Å². The number of amides is 2. The summed E-state index contributed by atoms with van der Waals surface area (Å²) in [5, 5.41) is 14.0. The van der Waals surface area contributed by atoms with E-state index in [9.17, 15) is 19.7 Å². The number of nitrogens with one attached hydrogen (secondary N) is 1. The molecule has 0 fully saturated rings. The lowest BCUT2D eigenvalue weighted by Gasteiger charge is -2.29. The molecule has 0 radical (unpaired) electrons. The fourth-order valence-corrected chi connectivity index (χ4v) is 2.97. The lowest BCUT2D eigenvalue weighted by Crippen LogP contribution is -2.42. The Balaban J connectivity index is 2.10. The number of hydrogen-bond donors (Lipinski definition) is 1. The fourth-order valence-electron chi connectivity index (χ4n) is 2.53. The highest BCUT2D eigenvalue weighted by Crippen LogP contribution is 2.32. The number of nitro groups is 1. The molecule has 7 nitrogen and oxygen atoms in total. The molecular formula is C16H13N3O4S. The number of benzene rings is 2. The van der Waals surface area contributed by atoms with Crippen molar-refractivity contribution in [1.29, 1.82) is 0 Å². The molecule has 122 valence electrons. The highest BCUT2D eigenvalue weighted by atomic mass is 32.2. The van der Waals surface area contributed by atoms with Gasteiger partial charge in [0.15, 0.2) is 0 Å². The zero-order valence-electron chi connectivity index (χ0n) is 12.7. The van der Waals surface area contributed by atoms with Crippen LogP contribution in [0.25, 0.3) is 0 Å². The molecule has 1 N–H and O–H groups in total. The van der Waals surface area contributed by atoms with Crippen LogP contribution in [0.5, 0.6) is 0 Å². The zero-order chi connectivity index (χ0) is 17.3. The average Bonchev–Trinajstić information content (AvgIpc) is 2.59. The Bertz CT molecular complexity index is 853. The summed E-state index contributed by atoms with van der Waals surface area (Å²) in [6, 6.07) is 11.2. The first-order chi connectivity index (χ1) is 11.5. The van der Waals surface area contributed by atoms with Gasteiger partial charge >= 0.3 is 0 Å². The monoisotopic (exact) mass is 343 g/mol. The van der Waals surface area contributed by atoms with Crippen LogP contribution in [0, 0.1) is 10.1 Å². The Hall–Kier alpha value is -2.87. The maximum absolute atomic E-state index is 12.9. The Morgan fingerprint density at radius 2 is 2.04 bits per heavy atom. The predicted octanol–water partition coefficient (Wildman–Crippen LogP) is 2.92. The number of nitrogens with zero attached hydrogens (tertiary/aromatic N) is 2. The molecule has 0 saturated carbocycles. The molecule has 0 unspecified atom stereocenters. The number of thioether (sulfide) groups is 1. The fraction of sp³-hybridized carbons (Fsp3) is 0.125. The van der Waals surface area contributed by atoms with Gasteiger partial charge in [-0.15, -0.1) is 11.8 Å². The first-order valence-corrected chi connectivity index (χ1v) is 8.27. The van der Waals surface area contributed by atoms with Gasteiger partial charge < -0.3 is 5.32 Å². The Morgan fingerprint density at radius 1 is 1.29 bits per heavy atom. The van der Waals surface area contributed by atoms with E-state index in [2.05, 4.69) is 5.32 Å². The van der Waals surface area contributed by atoms with Crippen molar-refractivity contribution in [2.75, 3.05) is 23.0 Å². The molecular weight excluding hydrogens is 330 g/mol. The third kappa shape index (κ3) is 2.83. The number of fused-ring (bicyclic) bond motifs is 1. The van der Waals surface area contributed by atoms with Gasteiger partial charge in [0.05, 0.1) is 16.3 Å². The van der Waals surface area contributed by atoms with Gasteiger partial charge in [-0.3, -0.25) is 24.6 Å². The predicted molar refractivity (Wildman–Crippen MR) is 91.6 cm³/mol. The minimum atomic E-state index is -0.590. The summed E-state index contributed by atoms with van der Waals surface area (Å²) in [5.41, 5.74) is 0.717. The van der Waals surface area contributed by atoms with Crippen LogP contribution in [-0.2, 0) is 4.79 Å². The highest BCUT2D eigenvalue weighted by molar-refractivity contribution is 7.98. The molecule has 0 saturated heterocycles. The van der Waals surface area contributed by atoms with E-state index in [0.717, 1.165) is 4.90 Å². The first kappa shape index (κ1) is 16.0. The number of rotatable bonds is 3. The van der Waals surface area contributed by atoms with E-state index < -0.39 is 10.8 Å². The molecule has 24 heavy (non-hydrogen) atoms. The first-order valence-electron chi connectivity index (χ1n) is 7.04. The summed E-state index contributed by atoms with van der Waals surface area (Å²) in [7, 11) is 0. The van der Waals surface area contributed by atoms with Gasteiger partial charge in [0.2, 0.25) is 5.91 Å². The quantitative estimate of drug-likeness (QED) is 0.525. The number of carbonyl (C=O) groups excluding carboxylic acids is 2. The second kappa shape index (κ2) is 6.32. The maximum Gasteiger partial charge on any atom is 0.282 e. The standard InChI is InChI=1S/C16H13N3O4S/c1-24-10-6-7-13(19(22)23)11(8-10)16(21)18-9-15(20)17-12-4-2-3-5-14(12)18/h2-8H,9H2,1H3,(H,17,20). The van der Waals surface area contributed by atoms with E-state index in [1.165, 1.54) is 28.8 Å². The topological polar surface area (TPSA) is 92.6 Å². The molecule has 2 aromatic carbocycles. The summed E-state index contributed by atoms with van der Waals surface area (Å²) in [4.78, 5) is 37.5. The Labute approximate surface area is 141 Å². The normalized spacial score (nSPS) is 13.2. The number of para-hydroxylation sites is 2. The van der Waals surface area contributed by atoms with E-state index in [-0.39, 0.29) is 23.7 Å². The van der Waals surface area contributed by atoms with Gasteiger partial charge in [-0.05, 0) is 30.5 Å². The summed E-state index contributed by atoms with van der Waals surface area (Å²) in [6.07, 6.45) is 1.82. The smallest absolute Gasteiger partial charge is 0.282 e. The largest absolute Gasteiger partial charge is 0.323 e. The van der Waals surface area contributed by atoms with Crippen molar-refractivity contribution in [2.45, 2.75) is 4.90 Å². The third-order valence-corrected chi connectivity index (χ3v) is 4.37. The van der Waals surface area contributed by atoms with E-state index >= 15 is 0 Å². The second-order valence-electron chi connectivity index (χ2n) is 5.10. The molecule has 2 amide bonds. The lowest BCUT2D eigenvalue weighted by atomic mass is 10.1. The minimum absolute atomic E-state index is 0.0312. The minimum Gasteiger partial charge on any atom is -0.323 e. The van der Waals surface area contributed by atoms with Gasteiger partial charge in [-0.25, -0.2) is 0 Å². The van der Waals surface area contributed by atoms with Gasteiger partial charge in [0.25, 0.3) is 11.6 Å². The second-order valence-corrected chi connectivity index (χ2v) is 5.98. The maximum atomic E-state index is 12.9. The molecule has 8 heteroatoms. The van der Waals surface area contributed by atoms with Crippen molar-refractivity contribution in [1.82, 2.24) is 0 Å². The zero-order valence-corrected chi connectivity index (χ0v) is 13.5. The molecule has 0 aromatic heterocycles. The molecule has 3 rings (SSSR count). The lowest BCUT2D eigenvalue weighted by molar-refractivity contribution is -0.385. The van der Waals surface area contributed by atoms with Crippen molar-refractivity contribution < 1.29 is 14.5 Å². The number of anilines is 2. The summed E-state index contributed by atoms with van der Waals surface area (Å²) < 4.78 is 0. The van der Waals surface area contributed by atoms with Crippen LogP contribution >= 0.6 is 11.8 Å². The van der Waals surface area contributed by atoms with E-state index in [1.807, 2.05) is 6.26 Å². The molecule has 0 bridgehead atoms. The van der Waals surface area contributed by atoms with Crippen LogP contribution in [0.15, 0.2) is 47.4 Å². The van der Waals surface area contributed by atoms with Crippen LogP contribution in [0.3, 0.4) is 0 Å². The Kier molecular flexibility index (Phi) is 4.22. The van der Waals surface area contributed by atoms with Gasteiger partial charge in [0, 0.05) is 11.0 Å². The highest BCUT2D eigenvalue weighted by Gasteiger charge is 2.31. The molecule has 0 aliphatic carbocycles. The van der Waals surface area contributed by atoms with Crippen molar-refractivity contribution >= 4 is 40.6 Å². The van der Waals surface area contributed by atoms with Crippen molar-refractivity contribution in [2.24, 2.45) is 0 Å². The van der Waals surface area contributed by atoms with Crippen LogP contribution in [-0.4, -0.2) is 29.5 Å². The molecule has 2 aromatic rings. The number of carbonyl (C=O) groups is 2. The van der Waals surface area contributed by atoms with Crippen molar-refractivity contribution in [3.8, 4) is 0 Å². The van der Waals surface area contributed by atoms with Gasteiger partial charge in [0.1, 0.15) is 12.1 Å². The van der Waals surface area contributed by atoms with Gasteiger partial charge in [-0.2, -0.15) is 0 Å². The van der Waals surface area contributed by atoms with Gasteiger partial charge in [-0.1, -0.05) is 12.1 Å². The molecule has 1 aliphatic rings. The summed E-state index contributed by atoms with van der Waals surface area (Å²) >= 11 is 1.38. The molecule has 0 atom stereocenters. The third-order valence-electron chi connectivity index (χ3n) is 3.65. The van der Waals surface area contributed by atoms with Crippen LogP contribution in [0.1, 0.15) is 10.4 Å². The summed E-state index contributed by atoms with van der Waals surface area (Å²) in [5.74, 6) is -0.911. The molecule has 1 heterocycles. The van der Waals surface area contributed by atoms with E-state index in [4.69, 9.17) is 0 Å². The average molecular weight is 343 g/mol. The Morgan fingerprint density at radius 3 is 2.75 bits per heavy atom. The summed E-state index contributed by atoms with van der Waals surface area (Å²) in [6.45, 7) is -0.184. The van der Waals surface area contributed by atoms with E-state index in [1.54, 1.807) is 30.3 Å². The van der Waals surface area contributed by atoms with Crippen LogP contribution in [0.4, 0.5) is 17.1 Å². The number of nitro benzene ring substituents is 1. The van der Waals surface area contributed by atoms with Crippen molar-refractivity contribution in [3.63, 3.8) is 0 Å². The molecule has 1 aliphatic heterocycles.